The molecule has 1 heterocycles. The Hall–Kier alpha value is -2.84. The van der Waals surface area contributed by atoms with Gasteiger partial charge in [0.25, 0.3) is 15.9 Å². The third kappa shape index (κ3) is 4.75. The van der Waals surface area contributed by atoms with Gasteiger partial charge in [-0.15, -0.1) is 0 Å². The summed E-state index contributed by atoms with van der Waals surface area (Å²) < 4.78 is 34.1. The molecule has 0 unspecified atom stereocenters. The highest BCUT2D eigenvalue weighted by Gasteiger charge is 2.33. The highest BCUT2D eigenvalue weighted by atomic mass is 32.2. The van der Waals surface area contributed by atoms with Crippen molar-refractivity contribution in [2.75, 3.05) is 11.8 Å². The van der Waals surface area contributed by atoms with Gasteiger partial charge < -0.3 is 9.64 Å². The highest BCUT2D eigenvalue weighted by molar-refractivity contribution is 7.92. The van der Waals surface area contributed by atoms with Crippen molar-refractivity contribution in [3.63, 3.8) is 0 Å². The van der Waals surface area contributed by atoms with E-state index in [0.29, 0.717) is 29.1 Å². The topological polar surface area (TPSA) is 75.7 Å². The number of hydrogen-bond acceptors (Lipinski definition) is 5. The number of thiophene rings is 1. The second-order valence-electron chi connectivity index (χ2n) is 7.58. The first-order valence-electron chi connectivity index (χ1n) is 9.97. The zero-order chi connectivity index (χ0) is 22.0. The van der Waals surface area contributed by atoms with E-state index in [1.807, 2.05) is 21.7 Å². The van der Waals surface area contributed by atoms with E-state index in [1.54, 1.807) is 54.7 Å². The second-order valence-corrected chi connectivity index (χ2v) is 10.0. The van der Waals surface area contributed by atoms with Crippen LogP contribution in [0, 0.1) is 6.92 Å². The van der Waals surface area contributed by atoms with Gasteiger partial charge in [0.05, 0.1) is 17.7 Å². The minimum atomic E-state index is -3.91. The Balaban J connectivity index is 1.63. The summed E-state index contributed by atoms with van der Waals surface area (Å²) in [6, 6.07) is 13.9. The van der Waals surface area contributed by atoms with Crippen LogP contribution in [-0.4, -0.2) is 32.4 Å². The van der Waals surface area contributed by atoms with Gasteiger partial charge in [-0.25, -0.2) is 8.42 Å². The van der Waals surface area contributed by atoms with Crippen LogP contribution < -0.4 is 9.46 Å². The molecule has 1 aliphatic rings. The van der Waals surface area contributed by atoms with Gasteiger partial charge in [-0.3, -0.25) is 9.52 Å². The molecular weight excluding hydrogens is 432 g/mol. The van der Waals surface area contributed by atoms with E-state index in [2.05, 4.69) is 4.72 Å². The number of para-hydroxylation sites is 2. The molecule has 0 radical (unpaired) electrons. The number of benzene rings is 2. The number of methoxy groups -OCH3 is 1. The third-order valence-corrected chi connectivity index (χ3v) is 7.50. The molecule has 8 heteroatoms. The quantitative estimate of drug-likeness (QED) is 0.534. The van der Waals surface area contributed by atoms with Crippen molar-refractivity contribution in [3.05, 3.63) is 76.0 Å². The van der Waals surface area contributed by atoms with Gasteiger partial charge in [0.15, 0.2) is 0 Å². The van der Waals surface area contributed by atoms with Gasteiger partial charge >= 0.3 is 0 Å². The zero-order valence-electron chi connectivity index (χ0n) is 17.4. The molecule has 31 heavy (non-hydrogen) atoms. The van der Waals surface area contributed by atoms with Crippen molar-refractivity contribution in [2.45, 2.75) is 37.2 Å². The van der Waals surface area contributed by atoms with Crippen LogP contribution in [0.5, 0.6) is 5.75 Å². The lowest BCUT2D eigenvalue weighted by Gasteiger charge is -2.23. The average molecular weight is 457 g/mol. The van der Waals surface area contributed by atoms with Gasteiger partial charge in [0.1, 0.15) is 5.75 Å². The summed E-state index contributed by atoms with van der Waals surface area (Å²) in [6.45, 7) is 2.25. The normalized spacial score (nSPS) is 13.6. The number of rotatable bonds is 8. The molecule has 1 aliphatic carbocycles. The molecule has 1 fully saturated rings. The monoisotopic (exact) mass is 456 g/mol. The fraction of sp³-hybridized carbons (Fsp3) is 0.261. The Morgan fingerprint density at radius 1 is 1.19 bits per heavy atom. The summed E-state index contributed by atoms with van der Waals surface area (Å²) in [6.07, 6.45) is 1.95. The molecule has 1 amide bonds. The molecule has 2 aromatic carbocycles. The van der Waals surface area contributed by atoms with Gasteiger partial charge in [0, 0.05) is 18.2 Å². The first-order chi connectivity index (χ1) is 14.9. The van der Waals surface area contributed by atoms with Gasteiger partial charge in [0.2, 0.25) is 0 Å². The summed E-state index contributed by atoms with van der Waals surface area (Å²) in [4.78, 5) is 15.2. The van der Waals surface area contributed by atoms with E-state index in [9.17, 15) is 13.2 Å². The predicted octanol–water partition coefficient (Wildman–Crippen LogP) is 4.67. The number of nitrogens with zero attached hydrogens (tertiary/aromatic N) is 1. The number of nitrogens with one attached hydrogen (secondary N) is 1. The number of amides is 1. The zero-order valence-corrected chi connectivity index (χ0v) is 19.0. The van der Waals surface area contributed by atoms with Crippen molar-refractivity contribution in [1.29, 1.82) is 0 Å². The van der Waals surface area contributed by atoms with Gasteiger partial charge in [-0.2, -0.15) is 11.3 Å². The first-order valence-corrected chi connectivity index (χ1v) is 12.4. The van der Waals surface area contributed by atoms with Crippen molar-refractivity contribution < 1.29 is 17.9 Å². The van der Waals surface area contributed by atoms with Crippen LogP contribution >= 0.6 is 11.3 Å². The Morgan fingerprint density at radius 2 is 1.97 bits per heavy atom. The highest BCUT2D eigenvalue weighted by Crippen LogP contribution is 2.32. The van der Waals surface area contributed by atoms with E-state index in [0.717, 1.165) is 18.4 Å². The minimum absolute atomic E-state index is 0.0792. The Bertz CT molecular complexity index is 1190. The summed E-state index contributed by atoms with van der Waals surface area (Å²) >= 11 is 1.60. The van der Waals surface area contributed by atoms with Crippen LogP contribution in [0.3, 0.4) is 0 Å². The molecule has 1 N–H and O–H groups in total. The van der Waals surface area contributed by atoms with Crippen molar-refractivity contribution in [2.24, 2.45) is 0 Å². The number of carbonyl (C=O) groups excluding carboxylic acids is 1. The molecule has 0 saturated heterocycles. The van der Waals surface area contributed by atoms with Crippen LogP contribution in [0.2, 0.25) is 0 Å². The van der Waals surface area contributed by atoms with Crippen molar-refractivity contribution in [3.8, 4) is 5.75 Å². The second kappa shape index (κ2) is 8.72. The lowest BCUT2D eigenvalue weighted by atomic mass is 10.1. The summed E-state index contributed by atoms with van der Waals surface area (Å²) in [5, 5.41) is 4.02. The van der Waals surface area contributed by atoms with E-state index in [-0.39, 0.29) is 16.8 Å². The SMILES string of the molecule is COc1ccccc1NS(=O)(=O)c1cc(C(=O)N(Cc2ccsc2)C2CC2)ccc1C. The maximum absolute atomic E-state index is 13.3. The van der Waals surface area contributed by atoms with E-state index in [1.165, 1.54) is 13.2 Å². The largest absolute Gasteiger partial charge is 0.495 e. The molecule has 1 aromatic heterocycles. The van der Waals surface area contributed by atoms with E-state index >= 15 is 0 Å². The molecular formula is C23H24N2O4S2. The first kappa shape index (κ1) is 21.4. The number of anilines is 1. The molecule has 3 aromatic rings. The molecule has 6 nitrogen and oxygen atoms in total. The maximum Gasteiger partial charge on any atom is 0.262 e. The summed E-state index contributed by atoms with van der Waals surface area (Å²) in [7, 11) is -2.43. The minimum Gasteiger partial charge on any atom is -0.495 e. The predicted molar refractivity (Wildman–Crippen MR) is 122 cm³/mol. The molecule has 4 rings (SSSR count). The van der Waals surface area contributed by atoms with Crippen LogP contribution in [0.25, 0.3) is 0 Å². The molecule has 0 atom stereocenters. The van der Waals surface area contributed by atoms with Crippen LogP contribution in [-0.2, 0) is 16.6 Å². The number of hydrogen-bond donors (Lipinski definition) is 1. The molecule has 0 bridgehead atoms. The fourth-order valence-electron chi connectivity index (χ4n) is 3.45. The Morgan fingerprint density at radius 3 is 2.65 bits per heavy atom. The lowest BCUT2D eigenvalue weighted by molar-refractivity contribution is 0.0730. The van der Waals surface area contributed by atoms with Gasteiger partial charge in [-0.05, 0) is 72.0 Å². The van der Waals surface area contributed by atoms with Crippen LogP contribution in [0.1, 0.15) is 34.3 Å². The Kier molecular flexibility index (Phi) is 6.02. The number of ether oxygens (including phenoxy) is 1. The molecule has 1 saturated carbocycles. The van der Waals surface area contributed by atoms with Crippen LogP contribution in [0.15, 0.2) is 64.2 Å². The standard InChI is InChI=1S/C23H24N2O4S2/c1-16-7-8-18(23(26)25(19-9-10-19)14-17-11-12-30-15-17)13-22(16)31(27,28)24-20-5-3-4-6-21(20)29-2/h3-8,11-13,15,19,24H,9-10,14H2,1-2H3. The number of sulfonamides is 1. The number of carbonyl (C=O) groups is 1. The number of aryl methyl sites for hydroxylation is 1. The average Bonchev–Trinajstić information content (AvgIpc) is 3.47. The molecule has 0 aliphatic heterocycles. The van der Waals surface area contributed by atoms with E-state index < -0.39 is 10.0 Å². The van der Waals surface area contributed by atoms with E-state index in [4.69, 9.17) is 4.74 Å². The fourth-order valence-corrected chi connectivity index (χ4v) is 5.45. The molecule has 0 spiro atoms. The van der Waals surface area contributed by atoms with Crippen molar-refractivity contribution >= 4 is 33.0 Å². The lowest BCUT2D eigenvalue weighted by Crippen LogP contribution is -2.32. The van der Waals surface area contributed by atoms with Gasteiger partial charge in [-0.1, -0.05) is 18.2 Å². The van der Waals surface area contributed by atoms with Crippen LogP contribution in [0.4, 0.5) is 5.69 Å². The maximum atomic E-state index is 13.3. The smallest absolute Gasteiger partial charge is 0.262 e. The third-order valence-electron chi connectivity index (χ3n) is 5.26. The summed E-state index contributed by atoms with van der Waals surface area (Å²) in [5.41, 5.74) is 2.36. The molecule has 162 valence electrons. The summed E-state index contributed by atoms with van der Waals surface area (Å²) in [5.74, 6) is 0.272. The van der Waals surface area contributed by atoms with Crippen molar-refractivity contribution in [1.82, 2.24) is 4.90 Å². The Labute approximate surface area is 186 Å².